The summed E-state index contributed by atoms with van der Waals surface area (Å²) in [7, 11) is 1.18. The van der Waals surface area contributed by atoms with Crippen molar-refractivity contribution in [3.8, 4) is 17.2 Å². The fraction of sp³-hybridized carbons (Fsp3) is 0.765. The molecule has 2 aromatic rings. The first-order valence-corrected chi connectivity index (χ1v) is 25.7. The van der Waals surface area contributed by atoms with Crippen LogP contribution >= 0.6 is 0 Å². The lowest BCUT2D eigenvalue weighted by Crippen LogP contribution is -2.57. The van der Waals surface area contributed by atoms with E-state index in [4.69, 9.17) is 52.1 Å². The quantitative estimate of drug-likeness (QED) is 0.106. The van der Waals surface area contributed by atoms with Gasteiger partial charge >= 0.3 is 0 Å². The minimum absolute atomic E-state index is 0.0357. The maximum atomic E-state index is 15.0. The van der Waals surface area contributed by atoms with Crippen LogP contribution < -0.4 is 4.74 Å². The summed E-state index contributed by atoms with van der Waals surface area (Å²) in [6.45, 7) is 10.6. The molecular weight excluding hydrogens is 997 g/mol. The number of benzene rings is 2. The number of carbonyl (C=O) groups is 2. The van der Waals surface area contributed by atoms with Crippen LogP contribution in [-0.4, -0.2) is 222 Å². The van der Waals surface area contributed by atoms with Crippen LogP contribution in [0.5, 0.6) is 17.2 Å². The molecule has 24 nitrogen and oxygen atoms in total. The lowest BCUT2D eigenvalue weighted by molar-refractivity contribution is -0.329. The summed E-state index contributed by atoms with van der Waals surface area (Å²) in [5.41, 5.74) is 0.0678. The Balaban J connectivity index is 1.04. The highest BCUT2D eigenvalue weighted by Gasteiger charge is 2.51. The number of phenols is 2. The number of aliphatic hydroxyl groups is 9. The predicted octanol–water partition coefficient (Wildman–Crippen LogP) is -0.639. The fourth-order valence-corrected chi connectivity index (χ4v) is 11.0. The highest BCUT2D eigenvalue weighted by Crippen LogP contribution is 2.47. The lowest BCUT2D eigenvalue weighted by Gasteiger charge is -2.45. The van der Waals surface area contributed by atoms with Crippen LogP contribution in [0.3, 0.4) is 0 Å². The van der Waals surface area contributed by atoms with E-state index in [1.807, 2.05) is 0 Å². The van der Waals surface area contributed by atoms with E-state index in [9.17, 15) is 61.0 Å². The number of fused-ring (bicyclic) bond motifs is 2. The van der Waals surface area contributed by atoms with Crippen LogP contribution in [0.2, 0.25) is 0 Å². The monoisotopic (exact) mass is 1070 g/mol. The molecule has 5 heterocycles. The molecule has 25 atom stereocenters. The van der Waals surface area contributed by atoms with Crippen molar-refractivity contribution in [3.63, 3.8) is 0 Å². The maximum Gasteiger partial charge on any atom is 0.202 e. The van der Waals surface area contributed by atoms with Crippen LogP contribution in [0, 0.1) is 12.8 Å². The smallest absolute Gasteiger partial charge is 0.202 e. The number of phenolic OH excluding ortho intramolecular Hbond substituents is 2. The third-order valence-corrected chi connectivity index (χ3v) is 15.5. The highest BCUT2D eigenvalue weighted by atomic mass is 16.7. The van der Waals surface area contributed by atoms with Crippen LogP contribution in [0.25, 0.3) is 10.8 Å². The first kappa shape index (κ1) is 57.8. The van der Waals surface area contributed by atoms with Crippen LogP contribution in [0.1, 0.15) is 95.1 Å². The number of ether oxygens (including phenoxy) is 11. The molecule has 422 valence electrons. The third-order valence-electron chi connectivity index (χ3n) is 15.5. The molecule has 2 aromatic carbocycles. The van der Waals surface area contributed by atoms with Gasteiger partial charge in [-0.1, -0.05) is 0 Å². The van der Waals surface area contributed by atoms with Gasteiger partial charge in [0.1, 0.15) is 66.1 Å². The normalized spacial score (nSPS) is 41.9. The topological polar surface area (TPSA) is 358 Å². The molecule has 5 fully saturated rings. The molecular formula is C51H74O24. The SMILES string of the molecule is CO[C@H](C(=O)[C@@H](O)[C@@H](C)O)[C@@H]1Cc2cc3cc(O[C@H]4C[C@@H](O[C@H]5C[C@@H](O)[C@H](O)C(C)O5)[C@H](O)C(C)O4)c(C)c(O)c3c(O)c2C(=O)[C@H]1O[C@H]1C[C@@H](O[C@H]2C[C@@H](O[C@H]3C[C@@H](O)[C@H](O)C(C)O3)[C@@H](O)C(C)O2)[C@H](O)C(C)O1. The fourth-order valence-electron chi connectivity index (χ4n) is 11.0. The number of Topliss-reactive ketones (excluding diaryl/α,β-unsaturated/α-hetero) is 2. The van der Waals surface area contributed by atoms with Gasteiger partial charge in [-0.25, -0.2) is 0 Å². The van der Waals surface area contributed by atoms with Gasteiger partial charge in [0.05, 0.1) is 78.1 Å². The van der Waals surface area contributed by atoms with Crippen molar-refractivity contribution < 1.29 is 118 Å². The molecule has 6 aliphatic rings. The van der Waals surface area contributed by atoms with Crippen molar-refractivity contribution in [1.29, 1.82) is 0 Å². The highest BCUT2D eigenvalue weighted by molar-refractivity contribution is 6.11. The number of ketones is 2. The van der Waals surface area contributed by atoms with Crippen molar-refractivity contribution in [2.24, 2.45) is 5.92 Å². The van der Waals surface area contributed by atoms with Crippen molar-refractivity contribution >= 4 is 22.3 Å². The third kappa shape index (κ3) is 12.0. The number of aliphatic hydroxyl groups excluding tert-OH is 9. The molecule has 24 heteroatoms. The average molecular weight is 1070 g/mol. The summed E-state index contributed by atoms with van der Waals surface area (Å²) >= 11 is 0. The molecule has 0 amide bonds. The average Bonchev–Trinajstić information content (AvgIpc) is 3.34. The number of hydrogen-bond acceptors (Lipinski definition) is 24. The zero-order chi connectivity index (χ0) is 54.6. The second kappa shape index (κ2) is 23.6. The molecule has 1 aliphatic carbocycles. The number of aromatic hydroxyl groups is 2. The molecule has 75 heavy (non-hydrogen) atoms. The van der Waals surface area contributed by atoms with E-state index in [-0.39, 0.29) is 71.7 Å². The summed E-state index contributed by atoms with van der Waals surface area (Å²) in [5, 5.41) is 119. The standard InChI is InChI=1S/C51H74O24/c1-17-29(71-35-14-30(44(59)21(5)68-35)72-33-12-27(53)42(57)19(3)66-33)11-25-9-24-10-26(50(65-8)49(64)41(56)18(2)52)51(48(63)39(24)47(62)38(25)40(17)55)75-37-16-32(46(61)23(7)70-37)74-36-15-31(45(60)22(6)69-36)73-34-13-28(54)43(58)20(4)67-34/h9,11,18-23,26-28,30-37,41-46,50-62H,10,12-16H2,1-8H3/t18-,19?,20?,21?,22?,23?,26+,27-,28-,30-,31-,32-,33+,34+,35+,36+,37+,41+,42-,43-,44-,45+,46-,50+,51+/m1/s1. The van der Waals surface area contributed by atoms with E-state index >= 15 is 4.79 Å². The number of rotatable bonds is 15. The minimum atomic E-state index is -1.95. The largest absolute Gasteiger partial charge is 0.507 e. The van der Waals surface area contributed by atoms with Gasteiger partial charge in [-0.05, 0) is 78.0 Å². The zero-order valence-electron chi connectivity index (χ0n) is 43.1. The van der Waals surface area contributed by atoms with Crippen molar-refractivity contribution in [2.75, 3.05) is 7.11 Å². The molecule has 0 saturated carbocycles. The van der Waals surface area contributed by atoms with E-state index in [1.165, 1.54) is 40.0 Å². The Morgan fingerprint density at radius 2 is 1.04 bits per heavy atom. The molecule has 0 radical (unpaired) electrons. The van der Waals surface area contributed by atoms with Crippen LogP contribution in [0.4, 0.5) is 0 Å². The van der Waals surface area contributed by atoms with E-state index < -0.39 is 176 Å². The molecule has 11 N–H and O–H groups in total. The van der Waals surface area contributed by atoms with Gasteiger partial charge in [-0.3, -0.25) is 9.59 Å². The van der Waals surface area contributed by atoms with Gasteiger partial charge in [0.25, 0.3) is 0 Å². The molecule has 0 bridgehead atoms. The summed E-state index contributed by atoms with van der Waals surface area (Å²) in [6, 6.07) is 3.03. The Morgan fingerprint density at radius 1 is 0.613 bits per heavy atom. The van der Waals surface area contributed by atoms with Crippen LogP contribution in [-0.2, 0) is 58.6 Å². The number of carbonyl (C=O) groups excluding carboxylic acids is 2. The zero-order valence-corrected chi connectivity index (χ0v) is 43.1. The predicted molar refractivity (Wildman–Crippen MR) is 254 cm³/mol. The Hall–Kier alpha value is -3.32. The van der Waals surface area contributed by atoms with Gasteiger partial charge in [0.2, 0.25) is 6.29 Å². The van der Waals surface area contributed by atoms with Gasteiger partial charge in [0, 0.05) is 50.7 Å². The van der Waals surface area contributed by atoms with Gasteiger partial charge in [-0.15, -0.1) is 0 Å². The van der Waals surface area contributed by atoms with E-state index in [2.05, 4.69) is 0 Å². The van der Waals surface area contributed by atoms with E-state index in [1.54, 1.807) is 27.7 Å². The Kier molecular flexibility index (Phi) is 18.2. The lowest BCUT2D eigenvalue weighted by atomic mass is 9.75. The number of methoxy groups -OCH3 is 1. The molecule has 5 aliphatic heterocycles. The van der Waals surface area contributed by atoms with Crippen molar-refractivity contribution in [2.45, 2.75) is 234 Å². The summed E-state index contributed by atoms with van der Waals surface area (Å²) in [4.78, 5) is 28.9. The van der Waals surface area contributed by atoms with E-state index in [0.29, 0.717) is 0 Å². The Bertz CT molecular complexity index is 2290. The first-order chi connectivity index (χ1) is 35.4. The number of hydrogen-bond donors (Lipinski definition) is 11. The molecule has 0 spiro atoms. The maximum absolute atomic E-state index is 15.0. The van der Waals surface area contributed by atoms with Crippen molar-refractivity contribution in [1.82, 2.24) is 0 Å². The molecule has 8 rings (SSSR count). The molecule has 5 saturated heterocycles. The Morgan fingerprint density at radius 3 is 1.49 bits per heavy atom. The molecule has 5 unspecified atom stereocenters. The van der Waals surface area contributed by atoms with Crippen molar-refractivity contribution in [3.05, 3.63) is 28.8 Å². The summed E-state index contributed by atoms with van der Waals surface area (Å²) in [5.74, 6) is -4.06. The second-order valence-electron chi connectivity index (χ2n) is 21.0. The van der Waals surface area contributed by atoms with Gasteiger partial charge < -0.3 is 108 Å². The summed E-state index contributed by atoms with van der Waals surface area (Å²) in [6.07, 6.45) is -27.9. The van der Waals surface area contributed by atoms with Gasteiger partial charge in [-0.2, -0.15) is 0 Å². The Labute approximate surface area is 432 Å². The van der Waals surface area contributed by atoms with Gasteiger partial charge in [0.15, 0.2) is 36.7 Å². The summed E-state index contributed by atoms with van der Waals surface area (Å²) < 4.78 is 66.3. The minimum Gasteiger partial charge on any atom is -0.507 e. The first-order valence-electron chi connectivity index (χ1n) is 25.7. The second-order valence-corrected chi connectivity index (χ2v) is 21.0. The molecule has 0 aromatic heterocycles. The van der Waals surface area contributed by atoms with Crippen LogP contribution in [0.15, 0.2) is 12.1 Å². The van der Waals surface area contributed by atoms with E-state index in [0.717, 1.165) is 0 Å².